The van der Waals surface area contributed by atoms with E-state index in [2.05, 4.69) is 10.3 Å². The van der Waals surface area contributed by atoms with Gasteiger partial charge in [-0.15, -0.1) is 0 Å². The number of nitrogens with one attached hydrogen (secondary N) is 1. The molecule has 1 aliphatic rings. The highest BCUT2D eigenvalue weighted by molar-refractivity contribution is 6.06. The van der Waals surface area contributed by atoms with Crippen LogP contribution >= 0.6 is 0 Å². The van der Waals surface area contributed by atoms with E-state index in [0.29, 0.717) is 22.3 Å². The van der Waals surface area contributed by atoms with Gasteiger partial charge in [0.1, 0.15) is 17.9 Å². The van der Waals surface area contributed by atoms with Crippen LogP contribution in [-0.4, -0.2) is 34.1 Å². The Kier molecular flexibility index (Phi) is 5.96. The normalized spacial score (nSPS) is 15.3. The van der Waals surface area contributed by atoms with Crippen molar-refractivity contribution in [3.05, 3.63) is 29.5 Å². The summed E-state index contributed by atoms with van der Waals surface area (Å²) in [5.74, 6) is -0.526. The third-order valence-corrected chi connectivity index (χ3v) is 5.43. The minimum atomic E-state index is -1.12. The first-order chi connectivity index (χ1) is 13.7. The number of aryl methyl sites for hydroxylation is 1. The standard InChI is InChI=1S/C22H29N3O4/c1-13-17(21(27)28)19(23)18-15(24-13)10-7-11-16(18)29-12-22(2,3)25-20(26)14-8-5-4-6-9-14/h7,10-11,14H,4-6,8-9,12H2,1-3H3,(H2,23,24)(H,25,26)(H,27,28). The Morgan fingerprint density at radius 3 is 2.62 bits per heavy atom. The Morgan fingerprint density at radius 1 is 1.28 bits per heavy atom. The number of amides is 1. The molecule has 1 heterocycles. The molecule has 1 amide bonds. The fraction of sp³-hybridized carbons (Fsp3) is 0.500. The second-order valence-corrected chi connectivity index (χ2v) is 8.44. The zero-order valence-corrected chi connectivity index (χ0v) is 17.2. The highest BCUT2D eigenvalue weighted by Crippen LogP contribution is 2.34. The van der Waals surface area contributed by atoms with Gasteiger partial charge in [-0.25, -0.2) is 4.79 Å². The summed E-state index contributed by atoms with van der Waals surface area (Å²) in [7, 11) is 0. The van der Waals surface area contributed by atoms with Gasteiger partial charge in [-0.3, -0.25) is 9.78 Å². The number of aromatic carboxylic acids is 1. The van der Waals surface area contributed by atoms with Gasteiger partial charge in [0.05, 0.1) is 27.8 Å². The van der Waals surface area contributed by atoms with Crippen molar-refractivity contribution >= 4 is 28.5 Å². The van der Waals surface area contributed by atoms with Crippen molar-refractivity contribution in [1.82, 2.24) is 10.3 Å². The van der Waals surface area contributed by atoms with Crippen molar-refractivity contribution in [2.75, 3.05) is 12.3 Å². The molecule has 2 aromatic rings. The number of benzene rings is 1. The Morgan fingerprint density at radius 2 is 1.97 bits per heavy atom. The number of hydrogen-bond acceptors (Lipinski definition) is 5. The second-order valence-electron chi connectivity index (χ2n) is 8.44. The molecular weight excluding hydrogens is 370 g/mol. The predicted octanol–water partition coefficient (Wildman–Crippen LogP) is 3.68. The number of anilines is 1. The van der Waals surface area contributed by atoms with E-state index in [0.717, 1.165) is 25.7 Å². The highest BCUT2D eigenvalue weighted by atomic mass is 16.5. The second kappa shape index (κ2) is 8.27. The molecule has 4 N–H and O–H groups in total. The van der Waals surface area contributed by atoms with E-state index in [1.807, 2.05) is 13.8 Å². The molecule has 0 atom stereocenters. The molecule has 0 saturated heterocycles. The van der Waals surface area contributed by atoms with Crippen molar-refractivity contribution in [2.45, 2.75) is 58.4 Å². The molecule has 156 valence electrons. The van der Waals surface area contributed by atoms with Crippen LogP contribution < -0.4 is 15.8 Å². The monoisotopic (exact) mass is 399 g/mol. The average Bonchev–Trinajstić information content (AvgIpc) is 2.66. The molecule has 1 saturated carbocycles. The van der Waals surface area contributed by atoms with Gasteiger partial charge >= 0.3 is 5.97 Å². The lowest BCUT2D eigenvalue weighted by atomic mass is 9.88. The molecule has 7 nitrogen and oxygen atoms in total. The van der Waals surface area contributed by atoms with E-state index in [1.54, 1.807) is 25.1 Å². The quantitative estimate of drug-likeness (QED) is 0.683. The van der Waals surface area contributed by atoms with Crippen LogP contribution in [0.4, 0.5) is 5.69 Å². The van der Waals surface area contributed by atoms with Crippen LogP contribution in [0.25, 0.3) is 10.9 Å². The van der Waals surface area contributed by atoms with Crippen LogP contribution in [0.3, 0.4) is 0 Å². The molecule has 0 bridgehead atoms. The zero-order chi connectivity index (χ0) is 21.2. The maximum absolute atomic E-state index is 12.6. The van der Waals surface area contributed by atoms with Gasteiger partial charge in [0, 0.05) is 5.92 Å². The number of carboxylic acids is 1. The molecule has 29 heavy (non-hydrogen) atoms. The fourth-order valence-electron chi connectivity index (χ4n) is 3.92. The molecule has 0 aliphatic heterocycles. The van der Waals surface area contributed by atoms with E-state index >= 15 is 0 Å². The predicted molar refractivity (Wildman–Crippen MR) is 112 cm³/mol. The third-order valence-electron chi connectivity index (χ3n) is 5.43. The van der Waals surface area contributed by atoms with Crippen molar-refractivity contribution < 1.29 is 19.4 Å². The fourth-order valence-corrected chi connectivity index (χ4v) is 3.92. The molecule has 1 aromatic carbocycles. The highest BCUT2D eigenvalue weighted by Gasteiger charge is 2.28. The molecule has 0 radical (unpaired) electrons. The summed E-state index contributed by atoms with van der Waals surface area (Å²) in [6.07, 6.45) is 5.27. The van der Waals surface area contributed by atoms with E-state index in [4.69, 9.17) is 10.5 Å². The van der Waals surface area contributed by atoms with Crippen molar-refractivity contribution in [1.29, 1.82) is 0 Å². The van der Waals surface area contributed by atoms with Gasteiger partial charge in [-0.1, -0.05) is 25.3 Å². The summed E-state index contributed by atoms with van der Waals surface area (Å²) in [6.45, 7) is 5.66. The summed E-state index contributed by atoms with van der Waals surface area (Å²) >= 11 is 0. The maximum atomic E-state index is 12.6. The molecule has 0 spiro atoms. The van der Waals surface area contributed by atoms with Gasteiger partial charge in [-0.2, -0.15) is 0 Å². The Balaban J connectivity index is 1.80. The summed E-state index contributed by atoms with van der Waals surface area (Å²) in [4.78, 5) is 28.5. The molecule has 3 rings (SSSR count). The van der Waals surface area contributed by atoms with E-state index < -0.39 is 11.5 Å². The Labute approximate surface area is 170 Å². The molecule has 7 heteroatoms. The summed E-state index contributed by atoms with van der Waals surface area (Å²) in [5, 5.41) is 13.0. The summed E-state index contributed by atoms with van der Waals surface area (Å²) < 4.78 is 6.00. The average molecular weight is 399 g/mol. The van der Waals surface area contributed by atoms with Crippen LogP contribution in [-0.2, 0) is 4.79 Å². The number of rotatable bonds is 6. The lowest BCUT2D eigenvalue weighted by Crippen LogP contribution is -2.50. The lowest BCUT2D eigenvalue weighted by molar-refractivity contribution is -0.127. The number of ether oxygens (including phenoxy) is 1. The van der Waals surface area contributed by atoms with Gasteiger partial charge in [-0.05, 0) is 45.7 Å². The number of aromatic nitrogens is 1. The van der Waals surface area contributed by atoms with Crippen LogP contribution in [0.2, 0.25) is 0 Å². The number of carboxylic acid groups (broad SMARTS) is 1. The number of fused-ring (bicyclic) bond motifs is 1. The maximum Gasteiger partial charge on any atom is 0.339 e. The number of carbonyl (C=O) groups excluding carboxylic acids is 1. The number of nitrogens with zero attached hydrogens (tertiary/aromatic N) is 1. The van der Waals surface area contributed by atoms with Crippen molar-refractivity contribution in [3.63, 3.8) is 0 Å². The van der Waals surface area contributed by atoms with Crippen molar-refractivity contribution in [2.24, 2.45) is 5.92 Å². The summed E-state index contributed by atoms with van der Waals surface area (Å²) in [6, 6.07) is 5.30. The minimum Gasteiger partial charge on any atom is -0.490 e. The largest absolute Gasteiger partial charge is 0.490 e. The molecule has 1 aromatic heterocycles. The number of hydrogen-bond donors (Lipinski definition) is 3. The van der Waals surface area contributed by atoms with Crippen LogP contribution in [0.5, 0.6) is 5.75 Å². The number of pyridine rings is 1. The Hall–Kier alpha value is -2.83. The molecule has 1 fully saturated rings. The van der Waals surface area contributed by atoms with E-state index in [-0.39, 0.29) is 29.7 Å². The number of nitrogen functional groups attached to an aromatic ring is 1. The van der Waals surface area contributed by atoms with Crippen LogP contribution in [0.15, 0.2) is 18.2 Å². The topological polar surface area (TPSA) is 115 Å². The van der Waals surface area contributed by atoms with Crippen molar-refractivity contribution in [3.8, 4) is 5.75 Å². The Bertz CT molecular complexity index is 933. The number of nitrogens with two attached hydrogens (primary N) is 1. The first-order valence-corrected chi connectivity index (χ1v) is 10.1. The minimum absolute atomic E-state index is 0.0154. The van der Waals surface area contributed by atoms with Crippen LogP contribution in [0, 0.1) is 12.8 Å². The van der Waals surface area contributed by atoms with E-state index in [9.17, 15) is 14.7 Å². The first kappa shape index (κ1) is 20.9. The molecular formula is C22H29N3O4. The van der Waals surface area contributed by atoms with Gasteiger partial charge in [0.15, 0.2) is 0 Å². The third kappa shape index (κ3) is 4.60. The van der Waals surface area contributed by atoms with E-state index in [1.165, 1.54) is 6.42 Å². The van der Waals surface area contributed by atoms with Gasteiger partial charge in [0.2, 0.25) is 5.91 Å². The first-order valence-electron chi connectivity index (χ1n) is 10.1. The zero-order valence-electron chi connectivity index (χ0n) is 17.2. The molecule has 0 unspecified atom stereocenters. The van der Waals surface area contributed by atoms with Gasteiger partial charge in [0.25, 0.3) is 0 Å². The number of carbonyl (C=O) groups is 2. The SMILES string of the molecule is Cc1nc2cccc(OCC(C)(C)NC(=O)C3CCCCC3)c2c(N)c1C(=O)O. The smallest absolute Gasteiger partial charge is 0.339 e. The summed E-state index contributed by atoms with van der Waals surface area (Å²) in [5.41, 5.74) is 6.64. The lowest BCUT2D eigenvalue weighted by Gasteiger charge is -2.30. The molecule has 1 aliphatic carbocycles. The van der Waals surface area contributed by atoms with Gasteiger partial charge < -0.3 is 20.9 Å². The van der Waals surface area contributed by atoms with Crippen LogP contribution in [0.1, 0.15) is 62.0 Å².